The quantitative estimate of drug-likeness (QED) is 0.168. The van der Waals surface area contributed by atoms with Crippen LogP contribution < -0.4 is 0 Å². The third kappa shape index (κ3) is 6.06. The smallest absolute Gasteiger partial charge is 0.160 e. The van der Waals surface area contributed by atoms with E-state index in [2.05, 4.69) is 205 Å². The molecule has 284 valence electrons. The minimum absolute atomic E-state index is 0.712. The molecule has 12 aromatic rings. The minimum atomic E-state index is 0.712. The molecule has 61 heavy (non-hydrogen) atoms. The van der Waals surface area contributed by atoms with Crippen LogP contribution in [0.4, 0.5) is 0 Å². The first-order valence-electron chi connectivity index (χ1n) is 20.8. The Morgan fingerprint density at radius 1 is 0.295 bits per heavy atom. The van der Waals surface area contributed by atoms with E-state index >= 15 is 0 Å². The third-order valence-corrected chi connectivity index (χ3v) is 12.2. The van der Waals surface area contributed by atoms with Crippen molar-refractivity contribution in [3.63, 3.8) is 0 Å². The van der Waals surface area contributed by atoms with Crippen molar-refractivity contribution in [1.29, 1.82) is 0 Å². The molecule has 0 bridgehead atoms. The normalized spacial score (nSPS) is 11.6. The summed E-state index contributed by atoms with van der Waals surface area (Å²) in [5.41, 5.74) is 13.2. The van der Waals surface area contributed by atoms with Gasteiger partial charge in [-0.05, 0) is 103 Å². The van der Waals surface area contributed by atoms with Crippen LogP contribution in [0.5, 0.6) is 0 Å². The van der Waals surface area contributed by atoms with Crippen LogP contribution in [0.15, 0.2) is 224 Å². The van der Waals surface area contributed by atoms with Crippen molar-refractivity contribution >= 4 is 54.1 Å². The van der Waals surface area contributed by atoms with E-state index in [1.165, 1.54) is 76.4 Å². The number of rotatable bonds is 6. The predicted octanol–water partition coefficient (Wildman–Crippen LogP) is 15.4. The molecule has 0 amide bonds. The maximum Gasteiger partial charge on any atom is 0.160 e. The van der Waals surface area contributed by atoms with E-state index in [0.717, 1.165) is 33.8 Å². The summed E-state index contributed by atoms with van der Waals surface area (Å²) < 4.78 is 2.40. The lowest BCUT2D eigenvalue weighted by Crippen LogP contribution is -1.97. The van der Waals surface area contributed by atoms with Gasteiger partial charge < -0.3 is 4.57 Å². The molecule has 0 radical (unpaired) electrons. The van der Waals surface area contributed by atoms with Gasteiger partial charge in [-0.25, -0.2) is 9.97 Å². The van der Waals surface area contributed by atoms with Crippen molar-refractivity contribution in [2.24, 2.45) is 0 Å². The monoisotopic (exact) mass is 775 g/mol. The van der Waals surface area contributed by atoms with Gasteiger partial charge in [0.05, 0.1) is 22.4 Å². The lowest BCUT2D eigenvalue weighted by atomic mass is 9.94. The van der Waals surface area contributed by atoms with Gasteiger partial charge in [-0.3, -0.25) is 0 Å². The van der Waals surface area contributed by atoms with Crippen molar-refractivity contribution in [1.82, 2.24) is 14.5 Å². The SMILES string of the molecule is c1ccc(-c2cc(-c3ccc(-n4c5ccccc5c5c6cc(-c7ccc8cc(-c9cccc%10ccccc9%10)ccc8c7)ccc6ccc54)cc3)nc(-c3ccccc3)n2)cc1. The summed E-state index contributed by atoms with van der Waals surface area (Å²) in [4.78, 5) is 10.1. The largest absolute Gasteiger partial charge is 0.309 e. The molecular formula is C58H37N3. The van der Waals surface area contributed by atoms with E-state index in [0.29, 0.717) is 5.82 Å². The Bertz CT molecular complexity index is 3560. The van der Waals surface area contributed by atoms with Gasteiger partial charge in [0.1, 0.15) is 0 Å². The predicted molar refractivity (Wildman–Crippen MR) is 256 cm³/mol. The summed E-state index contributed by atoms with van der Waals surface area (Å²) in [5.74, 6) is 0.712. The van der Waals surface area contributed by atoms with Gasteiger partial charge in [0.2, 0.25) is 0 Å². The Morgan fingerprint density at radius 2 is 0.836 bits per heavy atom. The molecular weight excluding hydrogens is 739 g/mol. The summed E-state index contributed by atoms with van der Waals surface area (Å²) in [6.45, 7) is 0. The first-order valence-corrected chi connectivity index (χ1v) is 20.8. The van der Waals surface area contributed by atoms with Gasteiger partial charge in [-0.1, -0.05) is 176 Å². The molecule has 12 rings (SSSR count). The first kappa shape index (κ1) is 34.9. The van der Waals surface area contributed by atoms with Crippen LogP contribution in [-0.4, -0.2) is 14.5 Å². The standard InChI is InChI=1S/C58H37N3/c1-3-13-40(14-4-1)53-37-54(60-58(59-53)42-15-5-2-6-16-42)41-28-31-48(32-29-41)61-55-21-10-9-19-51(55)57-52-36-46(23-22-39(52)30-33-56(57)61)44-24-25-45-35-47(27-26-43(45)34-44)50-20-11-17-38-12-7-8-18-49(38)50/h1-37H. The topological polar surface area (TPSA) is 30.7 Å². The van der Waals surface area contributed by atoms with Crippen LogP contribution in [0.25, 0.3) is 116 Å². The van der Waals surface area contributed by atoms with Crippen LogP contribution in [0.3, 0.4) is 0 Å². The number of nitrogens with zero attached hydrogens (tertiary/aromatic N) is 3. The summed E-state index contributed by atoms with van der Waals surface area (Å²) in [5, 5.41) is 9.97. The van der Waals surface area contributed by atoms with E-state index in [-0.39, 0.29) is 0 Å². The van der Waals surface area contributed by atoms with E-state index in [1.54, 1.807) is 0 Å². The summed E-state index contributed by atoms with van der Waals surface area (Å²) in [7, 11) is 0. The van der Waals surface area contributed by atoms with E-state index in [1.807, 2.05) is 24.3 Å². The van der Waals surface area contributed by atoms with Crippen LogP contribution >= 0.6 is 0 Å². The molecule has 0 unspecified atom stereocenters. The molecule has 0 atom stereocenters. The zero-order valence-electron chi connectivity index (χ0n) is 33.2. The fraction of sp³-hybridized carbons (Fsp3) is 0. The van der Waals surface area contributed by atoms with Crippen molar-refractivity contribution in [2.75, 3.05) is 0 Å². The summed E-state index contributed by atoms with van der Waals surface area (Å²) >= 11 is 0. The lowest BCUT2D eigenvalue weighted by molar-refractivity contribution is 1.17. The first-order chi connectivity index (χ1) is 30.2. The Kier molecular flexibility index (Phi) is 8.17. The fourth-order valence-electron chi connectivity index (χ4n) is 9.16. The number of fused-ring (bicyclic) bond motifs is 7. The van der Waals surface area contributed by atoms with Crippen molar-refractivity contribution < 1.29 is 0 Å². The summed E-state index contributed by atoms with van der Waals surface area (Å²) in [6.07, 6.45) is 0. The van der Waals surface area contributed by atoms with Crippen LogP contribution in [0, 0.1) is 0 Å². The molecule has 0 aliphatic rings. The van der Waals surface area contributed by atoms with Gasteiger partial charge in [0.15, 0.2) is 5.82 Å². The molecule has 0 fully saturated rings. The number of aromatic nitrogens is 3. The van der Waals surface area contributed by atoms with E-state index < -0.39 is 0 Å². The number of hydrogen-bond acceptors (Lipinski definition) is 2. The molecule has 0 aliphatic carbocycles. The zero-order valence-corrected chi connectivity index (χ0v) is 33.2. The van der Waals surface area contributed by atoms with Crippen LogP contribution in [0.1, 0.15) is 0 Å². The van der Waals surface area contributed by atoms with Crippen LogP contribution in [-0.2, 0) is 0 Å². The number of hydrogen-bond donors (Lipinski definition) is 0. The number of benzene rings is 10. The molecule has 0 spiro atoms. The average Bonchev–Trinajstić information content (AvgIpc) is 3.68. The Morgan fingerprint density at radius 3 is 1.61 bits per heavy atom. The second-order valence-corrected chi connectivity index (χ2v) is 15.8. The average molecular weight is 776 g/mol. The highest BCUT2D eigenvalue weighted by Crippen LogP contribution is 2.40. The highest BCUT2D eigenvalue weighted by molar-refractivity contribution is 6.22. The molecule has 3 heteroatoms. The van der Waals surface area contributed by atoms with Crippen molar-refractivity contribution in [2.45, 2.75) is 0 Å². The molecule has 10 aromatic carbocycles. The highest BCUT2D eigenvalue weighted by atomic mass is 15.0. The maximum absolute atomic E-state index is 5.08. The molecule has 0 aliphatic heterocycles. The Labute approximate surface area is 353 Å². The molecule has 0 saturated heterocycles. The molecule has 0 saturated carbocycles. The van der Waals surface area contributed by atoms with Crippen LogP contribution in [0.2, 0.25) is 0 Å². The maximum atomic E-state index is 5.08. The zero-order chi connectivity index (χ0) is 40.3. The fourth-order valence-corrected chi connectivity index (χ4v) is 9.16. The Balaban J connectivity index is 0.939. The lowest BCUT2D eigenvalue weighted by Gasteiger charge is -2.12. The van der Waals surface area contributed by atoms with Gasteiger partial charge in [-0.15, -0.1) is 0 Å². The Hall–Kier alpha value is -8.14. The molecule has 3 nitrogen and oxygen atoms in total. The van der Waals surface area contributed by atoms with Gasteiger partial charge in [0.25, 0.3) is 0 Å². The second-order valence-electron chi connectivity index (χ2n) is 15.8. The van der Waals surface area contributed by atoms with Gasteiger partial charge in [0, 0.05) is 33.2 Å². The second kappa shape index (κ2) is 14.3. The minimum Gasteiger partial charge on any atom is -0.309 e. The molecule has 0 N–H and O–H groups in total. The molecule has 2 aromatic heterocycles. The third-order valence-electron chi connectivity index (χ3n) is 12.2. The van der Waals surface area contributed by atoms with Crippen molar-refractivity contribution in [3.05, 3.63) is 224 Å². The van der Waals surface area contributed by atoms with Gasteiger partial charge in [-0.2, -0.15) is 0 Å². The summed E-state index contributed by atoms with van der Waals surface area (Å²) in [6, 6.07) is 80.6. The van der Waals surface area contributed by atoms with E-state index in [9.17, 15) is 0 Å². The highest BCUT2D eigenvalue weighted by Gasteiger charge is 2.17. The van der Waals surface area contributed by atoms with E-state index in [4.69, 9.17) is 9.97 Å². The van der Waals surface area contributed by atoms with Gasteiger partial charge >= 0.3 is 0 Å². The number of para-hydroxylation sites is 1. The van der Waals surface area contributed by atoms with Crippen molar-refractivity contribution in [3.8, 4) is 61.8 Å². The molecule has 2 heterocycles.